The maximum absolute atomic E-state index is 11.1. The van der Waals surface area contributed by atoms with Gasteiger partial charge in [-0.15, -0.1) is 0 Å². The Morgan fingerprint density at radius 2 is 2.06 bits per heavy atom. The molecule has 0 atom stereocenters. The third-order valence-electron chi connectivity index (χ3n) is 2.49. The van der Waals surface area contributed by atoms with Gasteiger partial charge in [0.15, 0.2) is 0 Å². The molecular formula is C12H5ClN2O3. The second-order valence-electron chi connectivity index (χ2n) is 3.57. The monoisotopic (exact) mass is 260 g/mol. The Kier molecular flexibility index (Phi) is 2.96. The highest BCUT2D eigenvalue weighted by Gasteiger charge is 2.16. The minimum Gasteiger partial charge on any atom is -0.276 e. The summed E-state index contributed by atoms with van der Waals surface area (Å²) >= 11 is 5.32. The first-order valence-corrected chi connectivity index (χ1v) is 5.23. The van der Waals surface area contributed by atoms with Crippen molar-refractivity contribution < 1.29 is 9.72 Å². The van der Waals surface area contributed by atoms with Crippen LogP contribution < -0.4 is 0 Å². The Morgan fingerprint density at radius 1 is 1.33 bits per heavy atom. The van der Waals surface area contributed by atoms with Crippen LogP contribution in [0.25, 0.3) is 10.8 Å². The topological polar surface area (TPSA) is 84.0 Å². The number of carbonyl (C=O) groups excluding carboxylic acids is 1. The Balaban J connectivity index is 2.86. The summed E-state index contributed by atoms with van der Waals surface area (Å²) in [4.78, 5) is 21.4. The van der Waals surface area contributed by atoms with Crippen LogP contribution in [0.15, 0.2) is 30.3 Å². The number of carbonyl (C=O) groups is 1. The van der Waals surface area contributed by atoms with Gasteiger partial charge in [-0.2, -0.15) is 5.26 Å². The molecule has 2 rings (SSSR count). The molecule has 18 heavy (non-hydrogen) atoms. The lowest BCUT2D eigenvalue weighted by Crippen LogP contribution is -1.95. The van der Waals surface area contributed by atoms with Crippen LogP contribution in [0.2, 0.25) is 0 Å². The van der Waals surface area contributed by atoms with Gasteiger partial charge in [-0.25, -0.2) is 0 Å². The molecule has 0 fully saturated rings. The standard InChI is InChI=1S/C12H5ClN2O3/c13-12(16)9-4-8-2-1-7(6-14)3-10(8)11(5-9)15(17)18/h1-5H. The third-order valence-corrected chi connectivity index (χ3v) is 2.70. The average molecular weight is 261 g/mol. The van der Waals surface area contributed by atoms with Gasteiger partial charge in [0.05, 0.1) is 21.9 Å². The Bertz CT molecular complexity index is 719. The van der Waals surface area contributed by atoms with Crippen LogP contribution in [0, 0.1) is 21.4 Å². The van der Waals surface area contributed by atoms with Crippen molar-refractivity contribution in [3.05, 3.63) is 51.6 Å². The second-order valence-corrected chi connectivity index (χ2v) is 3.92. The number of nitro groups is 1. The predicted molar refractivity (Wildman–Crippen MR) is 65.5 cm³/mol. The van der Waals surface area contributed by atoms with Crippen molar-refractivity contribution in [2.75, 3.05) is 0 Å². The fraction of sp³-hybridized carbons (Fsp3) is 0. The van der Waals surface area contributed by atoms with E-state index in [1.807, 2.05) is 6.07 Å². The largest absolute Gasteiger partial charge is 0.278 e. The van der Waals surface area contributed by atoms with E-state index >= 15 is 0 Å². The zero-order valence-corrected chi connectivity index (χ0v) is 9.64. The molecular weight excluding hydrogens is 256 g/mol. The van der Waals surface area contributed by atoms with Crippen molar-refractivity contribution in [1.82, 2.24) is 0 Å². The van der Waals surface area contributed by atoms with Crippen molar-refractivity contribution in [3.8, 4) is 6.07 Å². The first-order valence-electron chi connectivity index (χ1n) is 4.85. The zero-order valence-electron chi connectivity index (χ0n) is 8.88. The van der Waals surface area contributed by atoms with E-state index in [9.17, 15) is 14.9 Å². The molecule has 0 heterocycles. The number of hydrogen-bond donors (Lipinski definition) is 0. The molecule has 88 valence electrons. The smallest absolute Gasteiger partial charge is 0.276 e. The van der Waals surface area contributed by atoms with Crippen LogP contribution in [0.3, 0.4) is 0 Å². The van der Waals surface area contributed by atoms with Crippen molar-refractivity contribution in [2.45, 2.75) is 0 Å². The number of nitriles is 1. The van der Waals surface area contributed by atoms with Gasteiger partial charge >= 0.3 is 0 Å². The molecule has 6 heteroatoms. The zero-order chi connectivity index (χ0) is 13.3. The van der Waals surface area contributed by atoms with E-state index in [2.05, 4.69) is 0 Å². The van der Waals surface area contributed by atoms with Crippen LogP contribution in [-0.4, -0.2) is 10.2 Å². The van der Waals surface area contributed by atoms with E-state index in [-0.39, 0.29) is 11.3 Å². The number of hydrogen-bond acceptors (Lipinski definition) is 4. The number of benzene rings is 2. The highest BCUT2D eigenvalue weighted by molar-refractivity contribution is 6.67. The van der Waals surface area contributed by atoms with Gasteiger partial charge in [0.25, 0.3) is 10.9 Å². The molecule has 0 aliphatic carbocycles. The molecule has 0 spiro atoms. The first kappa shape index (κ1) is 12.0. The van der Waals surface area contributed by atoms with Gasteiger partial charge in [-0.05, 0) is 35.2 Å². The van der Waals surface area contributed by atoms with E-state index in [0.717, 1.165) is 6.07 Å². The van der Waals surface area contributed by atoms with E-state index < -0.39 is 10.2 Å². The molecule has 0 aromatic heterocycles. The van der Waals surface area contributed by atoms with Crippen molar-refractivity contribution in [1.29, 1.82) is 5.26 Å². The molecule has 0 N–H and O–H groups in total. The average Bonchev–Trinajstić information content (AvgIpc) is 2.36. The number of rotatable bonds is 2. The van der Waals surface area contributed by atoms with Crippen LogP contribution in [0.5, 0.6) is 0 Å². The lowest BCUT2D eigenvalue weighted by molar-refractivity contribution is -0.383. The minimum absolute atomic E-state index is 0.0561. The van der Waals surface area contributed by atoms with E-state index in [0.29, 0.717) is 16.3 Å². The Labute approximate surface area is 106 Å². The van der Waals surface area contributed by atoms with Crippen LogP contribution >= 0.6 is 11.6 Å². The fourth-order valence-electron chi connectivity index (χ4n) is 1.67. The lowest BCUT2D eigenvalue weighted by Gasteiger charge is -2.02. The molecule has 2 aromatic carbocycles. The summed E-state index contributed by atoms with van der Waals surface area (Å²) in [5.74, 6) is 0. The van der Waals surface area contributed by atoms with Crippen molar-refractivity contribution in [3.63, 3.8) is 0 Å². The highest BCUT2D eigenvalue weighted by atomic mass is 35.5. The Morgan fingerprint density at radius 3 is 2.61 bits per heavy atom. The van der Waals surface area contributed by atoms with Crippen LogP contribution in [-0.2, 0) is 0 Å². The summed E-state index contributed by atoms with van der Waals surface area (Å²) in [6, 6.07) is 8.95. The highest BCUT2D eigenvalue weighted by Crippen LogP contribution is 2.29. The summed E-state index contributed by atoms with van der Waals surface area (Å²) in [6.07, 6.45) is 0. The maximum Gasteiger partial charge on any atom is 0.278 e. The second kappa shape index (κ2) is 4.43. The molecule has 0 bridgehead atoms. The van der Waals surface area contributed by atoms with Gasteiger partial charge in [-0.1, -0.05) is 6.07 Å². The van der Waals surface area contributed by atoms with Crippen molar-refractivity contribution >= 4 is 33.3 Å². The van der Waals surface area contributed by atoms with Crippen LogP contribution in [0.1, 0.15) is 15.9 Å². The molecule has 0 radical (unpaired) electrons. The molecule has 0 saturated carbocycles. The maximum atomic E-state index is 11.1. The molecule has 5 nitrogen and oxygen atoms in total. The summed E-state index contributed by atoms with van der Waals surface area (Å²) in [6.45, 7) is 0. The summed E-state index contributed by atoms with van der Waals surface area (Å²) in [5, 5.41) is 19.8. The van der Waals surface area contributed by atoms with Gasteiger partial charge in [-0.3, -0.25) is 14.9 Å². The summed E-state index contributed by atoms with van der Waals surface area (Å²) < 4.78 is 0. The molecule has 2 aromatic rings. The normalized spacial score (nSPS) is 10.0. The molecule has 0 aliphatic rings. The molecule has 0 amide bonds. The number of nitrogens with zero attached hydrogens (tertiary/aromatic N) is 2. The van der Waals surface area contributed by atoms with Gasteiger partial charge in [0.1, 0.15) is 0 Å². The van der Waals surface area contributed by atoms with E-state index in [1.165, 1.54) is 18.2 Å². The summed E-state index contributed by atoms with van der Waals surface area (Å²) in [5.41, 5.74) is 0.129. The Hall–Kier alpha value is -2.45. The van der Waals surface area contributed by atoms with E-state index in [1.54, 1.807) is 6.07 Å². The molecule has 0 aliphatic heterocycles. The van der Waals surface area contributed by atoms with Crippen molar-refractivity contribution in [2.24, 2.45) is 0 Å². The fourth-order valence-corrected chi connectivity index (χ4v) is 1.78. The van der Waals surface area contributed by atoms with Crippen LogP contribution in [0.4, 0.5) is 5.69 Å². The first-order chi connectivity index (χ1) is 8.52. The predicted octanol–water partition coefficient (Wildman–Crippen LogP) is 3.00. The third kappa shape index (κ3) is 2.01. The lowest BCUT2D eigenvalue weighted by atomic mass is 10.0. The molecule has 0 unspecified atom stereocenters. The number of halogens is 1. The van der Waals surface area contributed by atoms with Gasteiger partial charge in [0.2, 0.25) is 0 Å². The number of non-ortho nitro benzene ring substituents is 1. The van der Waals surface area contributed by atoms with Gasteiger partial charge in [0, 0.05) is 11.6 Å². The molecule has 0 saturated heterocycles. The SMILES string of the molecule is N#Cc1ccc2cc(C(=O)Cl)cc([N+](=O)[O-])c2c1. The minimum atomic E-state index is -0.760. The number of nitro benzene ring substituents is 1. The number of fused-ring (bicyclic) bond motifs is 1. The summed E-state index contributed by atoms with van der Waals surface area (Å²) in [7, 11) is 0. The van der Waals surface area contributed by atoms with Gasteiger partial charge < -0.3 is 0 Å². The van der Waals surface area contributed by atoms with E-state index in [4.69, 9.17) is 16.9 Å². The quantitative estimate of drug-likeness (QED) is 0.472.